The summed E-state index contributed by atoms with van der Waals surface area (Å²) < 4.78 is 14.3. The van der Waals surface area contributed by atoms with Gasteiger partial charge in [0.05, 0.1) is 16.9 Å². The fourth-order valence-corrected chi connectivity index (χ4v) is 4.86. The third kappa shape index (κ3) is 5.75. The highest BCUT2D eigenvalue weighted by Crippen LogP contribution is 2.36. The number of anilines is 4. The summed E-state index contributed by atoms with van der Waals surface area (Å²) in [5.74, 6) is -0.639. The summed E-state index contributed by atoms with van der Waals surface area (Å²) in [5, 5.41) is 21.3. The molecule has 190 valence electrons. The number of nitrogens with zero attached hydrogens (tertiary/aromatic N) is 3. The summed E-state index contributed by atoms with van der Waals surface area (Å²) in [4.78, 5) is 21.1. The molecule has 2 heterocycles. The number of aromatic nitrogens is 2. The van der Waals surface area contributed by atoms with Gasteiger partial charge in [-0.3, -0.25) is 4.79 Å². The average Bonchev–Trinajstić information content (AvgIpc) is 2.81. The third-order valence-corrected chi connectivity index (χ3v) is 6.58. The van der Waals surface area contributed by atoms with Crippen molar-refractivity contribution < 1.29 is 14.4 Å². The van der Waals surface area contributed by atoms with Gasteiger partial charge >= 0.3 is 0 Å². The predicted molar refractivity (Wildman–Crippen MR) is 139 cm³/mol. The van der Waals surface area contributed by atoms with E-state index in [1.807, 2.05) is 27.7 Å². The Bertz CT molecular complexity index is 1230. The number of hydroxylamine groups is 2. The molecule has 0 saturated carbocycles. The second-order valence-electron chi connectivity index (χ2n) is 10.2. The van der Waals surface area contributed by atoms with E-state index in [2.05, 4.69) is 25.9 Å². The van der Waals surface area contributed by atoms with Gasteiger partial charge in [0.15, 0.2) is 11.6 Å². The first kappa shape index (κ1) is 25.8. The number of piperidine rings is 1. The topological polar surface area (TPSA) is 102 Å². The third-order valence-electron chi connectivity index (χ3n) is 6.25. The van der Waals surface area contributed by atoms with Crippen molar-refractivity contribution in [2.24, 2.45) is 0 Å². The molecule has 0 aliphatic carbocycles. The van der Waals surface area contributed by atoms with Crippen LogP contribution in [0.5, 0.6) is 0 Å². The van der Waals surface area contributed by atoms with E-state index >= 15 is 0 Å². The van der Waals surface area contributed by atoms with E-state index in [0.29, 0.717) is 34.8 Å². The summed E-state index contributed by atoms with van der Waals surface area (Å²) in [6, 6.07) is 13.7. The van der Waals surface area contributed by atoms with Crippen LogP contribution >= 0.6 is 11.6 Å². The minimum atomic E-state index is -0.620. The average molecular weight is 513 g/mol. The lowest BCUT2D eigenvalue weighted by atomic mass is 9.79. The molecule has 1 amide bonds. The lowest BCUT2D eigenvalue weighted by molar-refractivity contribution is -0.245. The van der Waals surface area contributed by atoms with Crippen LogP contribution in [0.3, 0.4) is 0 Å². The number of rotatable bonds is 6. The number of hydrogen-bond donors (Lipinski definition) is 4. The molecule has 0 radical (unpaired) electrons. The molecule has 8 nitrogen and oxygen atoms in total. The number of para-hydroxylation sites is 1. The van der Waals surface area contributed by atoms with E-state index < -0.39 is 16.9 Å². The van der Waals surface area contributed by atoms with Crippen molar-refractivity contribution in [3.63, 3.8) is 0 Å². The van der Waals surface area contributed by atoms with Crippen molar-refractivity contribution in [3.8, 4) is 0 Å². The molecule has 1 fully saturated rings. The first-order chi connectivity index (χ1) is 16.9. The van der Waals surface area contributed by atoms with Crippen molar-refractivity contribution >= 4 is 40.6 Å². The van der Waals surface area contributed by atoms with Crippen molar-refractivity contribution in [2.45, 2.75) is 57.7 Å². The van der Waals surface area contributed by atoms with Crippen molar-refractivity contribution in [1.29, 1.82) is 0 Å². The molecule has 1 aliphatic rings. The second-order valence-corrected chi connectivity index (χ2v) is 10.6. The number of hydrogen-bond acceptors (Lipinski definition) is 7. The quantitative estimate of drug-likeness (QED) is 0.326. The summed E-state index contributed by atoms with van der Waals surface area (Å²) in [6.07, 6.45) is 2.33. The van der Waals surface area contributed by atoms with Crippen LogP contribution in [0.4, 0.5) is 27.5 Å². The van der Waals surface area contributed by atoms with Gasteiger partial charge in [-0.05, 0) is 76.9 Å². The van der Waals surface area contributed by atoms with Crippen LogP contribution in [0, 0.1) is 5.82 Å². The van der Waals surface area contributed by atoms with Crippen molar-refractivity contribution in [1.82, 2.24) is 20.3 Å². The fraction of sp³-hybridized carbons (Fsp3) is 0.346. The van der Waals surface area contributed by atoms with Gasteiger partial charge in [-0.15, -0.1) is 0 Å². The molecule has 4 rings (SSSR count). The SMILES string of the molecule is CC1(C)CC(NC(=O)c2ccc(Nc3ncc(F)c(Nc4ccccc4Cl)n3)cc2)CC(C)(C)N1O. The zero-order valence-electron chi connectivity index (χ0n) is 20.6. The van der Waals surface area contributed by atoms with E-state index in [-0.39, 0.29) is 23.7 Å². The van der Waals surface area contributed by atoms with Crippen molar-refractivity contribution in [3.05, 3.63) is 71.1 Å². The number of carbonyl (C=O) groups is 1. The Labute approximate surface area is 214 Å². The highest BCUT2D eigenvalue weighted by Gasteiger charge is 2.45. The summed E-state index contributed by atoms with van der Waals surface area (Å²) in [6.45, 7) is 7.84. The number of halogens is 2. The first-order valence-corrected chi connectivity index (χ1v) is 12.0. The molecular weight excluding hydrogens is 483 g/mol. The first-order valence-electron chi connectivity index (χ1n) is 11.7. The molecule has 10 heteroatoms. The Morgan fingerprint density at radius 1 is 1.06 bits per heavy atom. The van der Waals surface area contributed by atoms with Crippen LogP contribution in [0.1, 0.15) is 50.9 Å². The minimum absolute atomic E-state index is 0.0172. The van der Waals surface area contributed by atoms with Gasteiger partial charge in [0.25, 0.3) is 5.91 Å². The maximum absolute atomic E-state index is 14.3. The number of benzene rings is 2. The van der Waals surface area contributed by atoms with Crippen LogP contribution in [0.25, 0.3) is 0 Å². The van der Waals surface area contributed by atoms with Crippen molar-refractivity contribution in [2.75, 3.05) is 10.6 Å². The van der Waals surface area contributed by atoms with E-state index in [0.717, 1.165) is 6.20 Å². The zero-order chi connectivity index (χ0) is 26.1. The summed E-state index contributed by atoms with van der Waals surface area (Å²) in [7, 11) is 0. The second kappa shape index (κ2) is 10.0. The molecule has 3 aromatic rings. The Morgan fingerprint density at radius 3 is 2.33 bits per heavy atom. The van der Waals surface area contributed by atoms with E-state index in [1.54, 1.807) is 48.5 Å². The van der Waals surface area contributed by atoms with Gasteiger partial charge in [0.2, 0.25) is 5.95 Å². The Kier molecular flexibility index (Phi) is 7.17. The van der Waals surface area contributed by atoms with Crippen LogP contribution < -0.4 is 16.0 Å². The van der Waals surface area contributed by atoms with Crippen LogP contribution in [-0.2, 0) is 0 Å². The maximum atomic E-state index is 14.3. The zero-order valence-corrected chi connectivity index (χ0v) is 21.4. The molecule has 0 spiro atoms. The molecule has 1 saturated heterocycles. The van der Waals surface area contributed by atoms with Crippen LogP contribution in [-0.4, -0.2) is 43.3 Å². The molecular formula is C26H30ClFN6O2. The van der Waals surface area contributed by atoms with E-state index in [1.165, 1.54) is 5.06 Å². The Hall–Kier alpha value is -3.27. The van der Waals surface area contributed by atoms with E-state index in [4.69, 9.17) is 11.6 Å². The van der Waals surface area contributed by atoms with Gasteiger partial charge in [-0.1, -0.05) is 23.7 Å². The number of amides is 1. The maximum Gasteiger partial charge on any atom is 0.251 e. The molecule has 36 heavy (non-hydrogen) atoms. The summed E-state index contributed by atoms with van der Waals surface area (Å²) in [5.41, 5.74) is 0.751. The lowest BCUT2D eigenvalue weighted by Gasteiger charge is -2.51. The van der Waals surface area contributed by atoms with Gasteiger partial charge in [-0.2, -0.15) is 10.0 Å². The summed E-state index contributed by atoms with van der Waals surface area (Å²) >= 11 is 6.14. The minimum Gasteiger partial charge on any atom is -0.349 e. The van der Waals surface area contributed by atoms with Gasteiger partial charge in [-0.25, -0.2) is 9.37 Å². The standard InChI is InChI=1S/C26H30ClFN6O2/c1-25(2)13-18(14-26(3,4)34(25)36)30-23(35)16-9-11-17(12-10-16)31-24-29-15-20(28)22(33-24)32-21-8-6-5-7-19(21)27/h5-12,15,18,36H,13-14H2,1-4H3,(H,30,35)(H2,29,31,32,33). The largest absolute Gasteiger partial charge is 0.349 e. The molecule has 1 aliphatic heterocycles. The highest BCUT2D eigenvalue weighted by atomic mass is 35.5. The smallest absolute Gasteiger partial charge is 0.251 e. The Balaban J connectivity index is 1.41. The van der Waals surface area contributed by atoms with Gasteiger partial charge in [0, 0.05) is 28.4 Å². The predicted octanol–water partition coefficient (Wildman–Crippen LogP) is 5.90. The molecule has 0 atom stereocenters. The molecule has 0 unspecified atom stereocenters. The van der Waals surface area contributed by atoms with E-state index in [9.17, 15) is 14.4 Å². The highest BCUT2D eigenvalue weighted by molar-refractivity contribution is 6.33. The van der Waals surface area contributed by atoms with Gasteiger partial charge < -0.3 is 21.2 Å². The molecule has 0 bridgehead atoms. The molecule has 2 aromatic carbocycles. The van der Waals surface area contributed by atoms with Gasteiger partial charge in [0.1, 0.15) is 0 Å². The monoisotopic (exact) mass is 512 g/mol. The molecule has 1 aromatic heterocycles. The molecule has 4 N–H and O–H groups in total. The Morgan fingerprint density at radius 2 is 1.69 bits per heavy atom. The van der Waals surface area contributed by atoms with Crippen LogP contribution in [0.15, 0.2) is 54.7 Å². The normalized spacial score (nSPS) is 17.4. The number of nitrogens with one attached hydrogen (secondary N) is 3. The number of carbonyl (C=O) groups excluding carboxylic acids is 1. The van der Waals surface area contributed by atoms with Crippen LogP contribution in [0.2, 0.25) is 5.02 Å². The fourth-order valence-electron chi connectivity index (χ4n) is 4.68. The lowest BCUT2D eigenvalue weighted by Crippen LogP contribution is -2.62.